The number of hydrogen-bond acceptors (Lipinski definition) is 3. The van der Waals surface area contributed by atoms with Crippen LogP contribution in [0.1, 0.15) is 31.4 Å². The Morgan fingerprint density at radius 3 is 2.79 bits per heavy atom. The summed E-state index contributed by atoms with van der Waals surface area (Å²) in [5, 5.41) is 4.90. The predicted octanol–water partition coefficient (Wildman–Crippen LogP) is 5.55. The van der Waals surface area contributed by atoms with E-state index < -0.39 is 5.82 Å². The highest BCUT2D eigenvalue weighted by Crippen LogP contribution is 2.34. The van der Waals surface area contributed by atoms with Gasteiger partial charge in [0.15, 0.2) is 5.65 Å². The first-order valence-corrected chi connectivity index (χ1v) is 10.3. The summed E-state index contributed by atoms with van der Waals surface area (Å²) in [6.07, 6.45) is 8.73. The molecule has 5 nitrogen and oxygen atoms in total. The minimum absolute atomic E-state index is 0.0892. The number of fused-ring (bicyclic) bond motifs is 1. The molecule has 1 saturated carbocycles. The normalized spacial score (nSPS) is 14.4. The van der Waals surface area contributed by atoms with Crippen LogP contribution in [-0.4, -0.2) is 24.1 Å². The van der Waals surface area contributed by atoms with Gasteiger partial charge in [-0.25, -0.2) is 18.9 Å². The Labute approximate surface area is 173 Å². The second-order valence-electron chi connectivity index (χ2n) is 7.74. The predicted molar refractivity (Wildman–Crippen MR) is 111 cm³/mol. The molecule has 0 amide bonds. The highest BCUT2D eigenvalue weighted by molar-refractivity contribution is 6.31. The zero-order chi connectivity index (χ0) is 20.0. The van der Waals surface area contributed by atoms with Crippen molar-refractivity contribution in [1.29, 1.82) is 0 Å². The molecule has 0 spiro atoms. The van der Waals surface area contributed by atoms with E-state index in [0.717, 1.165) is 52.9 Å². The van der Waals surface area contributed by atoms with Crippen molar-refractivity contribution in [3.8, 4) is 22.6 Å². The summed E-state index contributed by atoms with van der Waals surface area (Å²) in [4.78, 5) is 9.02. The first kappa shape index (κ1) is 18.3. The van der Waals surface area contributed by atoms with Crippen LogP contribution in [0.3, 0.4) is 0 Å². The molecule has 5 rings (SSSR count). The van der Waals surface area contributed by atoms with Crippen molar-refractivity contribution in [2.75, 3.05) is 0 Å². The van der Waals surface area contributed by atoms with Gasteiger partial charge in [-0.2, -0.15) is 5.10 Å². The average molecular weight is 410 g/mol. The van der Waals surface area contributed by atoms with E-state index in [0.29, 0.717) is 0 Å². The third-order valence-corrected chi connectivity index (χ3v) is 6.10. The van der Waals surface area contributed by atoms with Crippen molar-refractivity contribution in [2.45, 2.75) is 39.2 Å². The topological polar surface area (TPSA) is 48.0 Å². The molecule has 3 heterocycles. The molecule has 0 bridgehead atoms. The van der Waals surface area contributed by atoms with Crippen molar-refractivity contribution < 1.29 is 4.39 Å². The van der Waals surface area contributed by atoms with Gasteiger partial charge in [-0.15, -0.1) is 0 Å². The lowest BCUT2D eigenvalue weighted by molar-refractivity contribution is 0.282. The standard InChI is InChI=1S/C22H21ClFN5/c1-14-12-25-20-8-7-19(27-29(14)20)22-21(16-5-6-18(24)17(23)11-16)26-13-28(22)10-9-15-3-2-4-15/h5-8,11-13,15H,2-4,9-10H2,1H3. The number of hydrogen-bond donors (Lipinski definition) is 0. The number of nitrogens with zero attached hydrogens (tertiary/aromatic N) is 5. The number of benzene rings is 1. The number of imidazole rings is 2. The van der Waals surface area contributed by atoms with E-state index in [2.05, 4.69) is 14.5 Å². The smallest absolute Gasteiger partial charge is 0.153 e. The monoisotopic (exact) mass is 409 g/mol. The maximum Gasteiger partial charge on any atom is 0.153 e. The van der Waals surface area contributed by atoms with Crippen LogP contribution in [-0.2, 0) is 6.54 Å². The van der Waals surface area contributed by atoms with E-state index in [-0.39, 0.29) is 5.02 Å². The molecular formula is C22H21ClFN5. The first-order valence-electron chi connectivity index (χ1n) is 9.92. The number of halogens is 2. The Kier molecular flexibility index (Phi) is 4.59. The number of aryl methyl sites for hydroxylation is 2. The van der Waals surface area contributed by atoms with Gasteiger partial charge in [0.25, 0.3) is 0 Å². The fourth-order valence-electron chi connectivity index (χ4n) is 3.89. The van der Waals surface area contributed by atoms with Crippen molar-refractivity contribution in [2.24, 2.45) is 5.92 Å². The van der Waals surface area contributed by atoms with Gasteiger partial charge in [-0.3, -0.25) is 0 Å². The lowest BCUT2D eigenvalue weighted by Gasteiger charge is -2.25. The van der Waals surface area contributed by atoms with Crippen LogP contribution in [0.2, 0.25) is 5.02 Å². The van der Waals surface area contributed by atoms with Crippen LogP contribution in [0, 0.1) is 18.7 Å². The Morgan fingerprint density at radius 1 is 1.17 bits per heavy atom. The van der Waals surface area contributed by atoms with Crippen molar-refractivity contribution in [3.63, 3.8) is 0 Å². The van der Waals surface area contributed by atoms with Crippen molar-refractivity contribution >= 4 is 17.2 Å². The molecule has 7 heteroatoms. The second kappa shape index (κ2) is 7.26. The molecule has 1 aromatic carbocycles. The molecule has 0 aliphatic heterocycles. The van der Waals surface area contributed by atoms with Crippen LogP contribution >= 0.6 is 11.6 Å². The van der Waals surface area contributed by atoms with Gasteiger partial charge in [-0.05, 0) is 49.6 Å². The summed E-state index contributed by atoms with van der Waals surface area (Å²) in [5.41, 5.74) is 5.03. The van der Waals surface area contributed by atoms with Crippen LogP contribution in [0.5, 0.6) is 0 Å². The summed E-state index contributed by atoms with van der Waals surface area (Å²) >= 11 is 6.04. The Bertz CT molecular complexity index is 1190. The minimum atomic E-state index is -0.435. The molecule has 0 atom stereocenters. The summed E-state index contributed by atoms with van der Waals surface area (Å²) in [7, 11) is 0. The maximum absolute atomic E-state index is 13.7. The molecule has 0 radical (unpaired) electrons. The van der Waals surface area contributed by atoms with Gasteiger partial charge in [0.1, 0.15) is 11.5 Å². The minimum Gasteiger partial charge on any atom is -0.329 e. The van der Waals surface area contributed by atoms with Gasteiger partial charge in [0.05, 0.1) is 34.6 Å². The zero-order valence-corrected chi connectivity index (χ0v) is 16.9. The highest BCUT2D eigenvalue weighted by atomic mass is 35.5. The van der Waals surface area contributed by atoms with E-state index in [1.807, 2.05) is 29.9 Å². The summed E-state index contributed by atoms with van der Waals surface area (Å²) in [6, 6.07) is 8.64. The summed E-state index contributed by atoms with van der Waals surface area (Å²) in [5.74, 6) is 0.357. The molecule has 0 saturated heterocycles. The molecule has 0 N–H and O–H groups in total. The zero-order valence-electron chi connectivity index (χ0n) is 16.1. The largest absolute Gasteiger partial charge is 0.329 e. The van der Waals surface area contributed by atoms with Gasteiger partial charge in [0, 0.05) is 12.1 Å². The average Bonchev–Trinajstić information content (AvgIpc) is 3.26. The molecule has 1 fully saturated rings. The van der Waals surface area contributed by atoms with Crippen molar-refractivity contribution in [1.82, 2.24) is 24.1 Å². The third kappa shape index (κ3) is 3.31. The fraction of sp³-hybridized carbons (Fsp3) is 0.318. The maximum atomic E-state index is 13.7. The van der Waals surface area contributed by atoms with E-state index in [9.17, 15) is 4.39 Å². The first-order chi connectivity index (χ1) is 14.1. The molecule has 1 aliphatic carbocycles. The molecular weight excluding hydrogens is 389 g/mol. The van der Waals surface area contributed by atoms with Crippen molar-refractivity contribution in [3.05, 3.63) is 59.4 Å². The molecule has 29 heavy (non-hydrogen) atoms. The number of aromatic nitrogens is 5. The molecule has 1 aliphatic rings. The lowest BCUT2D eigenvalue weighted by Crippen LogP contribution is -2.14. The second-order valence-corrected chi connectivity index (χ2v) is 8.15. The van der Waals surface area contributed by atoms with Gasteiger partial charge in [-0.1, -0.05) is 30.9 Å². The van der Waals surface area contributed by atoms with E-state index >= 15 is 0 Å². The lowest BCUT2D eigenvalue weighted by atomic mass is 9.83. The van der Waals surface area contributed by atoms with Crippen LogP contribution in [0.25, 0.3) is 28.3 Å². The van der Waals surface area contributed by atoms with Crippen LogP contribution in [0.15, 0.2) is 42.9 Å². The summed E-state index contributed by atoms with van der Waals surface area (Å²) in [6.45, 7) is 2.86. The van der Waals surface area contributed by atoms with Gasteiger partial charge >= 0.3 is 0 Å². The Balaban J connectivity index is 1.63. The molecule has 3 aromatic heterocycles. The van der Waals surface area contributed by atoms with E-state index in [4.69, 9.17) is 16.7 Å². The van der Waals surface area contributed by atoms with Gasteiger partial charge < -0.3 is 4.57 Å². The SMILES string of the molecule is Cc1cnc2ccc(-c3c(-c4ccc(F)c(Cl)c4)ncn3CCC3CCC3)nn12. The van der Waals surface area contributed by atoms with Gasteiger partial charge in [0.2, 0.25) is 0 Å². The van der Waals surface area contributed by atoms with Crippen LogP contribution < -0.4 is 0 Å². The van der Waals surface area contributed by atoms with E-state index in [1.165, 1.54) is 25.3 Å². The number of rotatable bonds is 5. The Morgan fingerprint density at radius 2 is 2.03 bits per heavy atom. The third-order valence-electron chi connectivity index (χ3n) is 5.81. The Hall–Kier alpha value is -2.73. The molecule has 4 aromatic rings. The fourth-order valence-corrected chi connectivity index (χ4v) is 4.07. The van der Waals surface area contributed by atoms with E-state index in [1.54, 1.807) is 18.3 Å². The summed E-state index contributed by atoms with van der Waals surface area (Å²) < 4.78 is 17.7. The highest BCUT2D eigenvalue weighted by Gasteiger charge is 2.21. The quantitative estimate of drug-likeness (QED) is 0.434. The van der Waals surface area contributed by atoms with Crippen LogP contribution in [0.4, 0.5) is 4.39 Å². The molecule has 148 valence electrons. The molecule has 0 unspecified atom stereocenters.